The highest BCUT2D eigenvalue weighted by Crippen LogP contribution is 2.05. The molecule has 18 heavy (non-hydrogen) atoms. The van der Waals surface area contributed by atoms with Crippen molar-refractivity contribution in [3.63, 3.8) is 0 Å². The Morgan fingerprint density at radius 1 is 1.22 bits per heavy atom. The molecule has 0 aromatic carbocycles. The van der Waals surface area contributed by atoms with Crippen LogP contribution in [0.5, 0.6) is 0 Å². The highest BCUT2D eigenvalue weighted by atomic mass is 16.5. The lowest BCUT2D eigenvalue weighted by Crippen LogP contribution is -2.49. The summed E-state index contributed by atoms with van der Waals surface area (Å²) in [4.78, 5) is 26.7. The Kier molecular flexibility index (Phi) is 6.23. The minimum atomic E-state index is -0.192. The third-order valence-electron chi connectivity index (χ3n) is 3.07. The van der Waals surface area contributed by atoms with Crippen LogP contribution in [-0.4, -0.2) is 61.5 Å². The van der Waals surface area contributed by atoms with Crippen molar-refractivity contribution in [3.05, 3.63) is 0 Å². The second kappa shape index (κ2) is 7.72. The first-order valence-corrected chi connectivity index (χ1v) is 6.17. The third kappa shape index (κ3) is 4.76. The predicted molar refractivity (Wildman–Crippen MR) is 67.7 cm³/mol. The first-order valence-electron chi connectivity index (χ1n) is 6.17. The lowest BCUT2D eigenvalue weighted by atomic mass is 10.2. The van der Waals surface area contributed by atoms with E-state index in [0.29, 0.717) is 38.9 Å². The van der Waals surface area contributed by atoms with E-state index >= 15 is 0 Å². The van der Waals surface area contributed by atoms with Crippen LogP contribution in [0.4, 0.5) is 0 Å². The monoisotopic (exact) mass is 252 g/mol. The van der Waals surface area contributed by atoms with E-state index in [1.54, 1.807) is 0 Å². The minimum Gasteiger partial charge on any atom is -0.469 e. The largest absolute Gasteiger partial charge is 0.469 e. The van der Waals surface area contributed by atoms with Crippen molar-refractivity contribution < 1.29 is 14.3 Å². The molecule has 1 rings (SSSR count). The molecule has 1 saturated heterocycles. The highest BCUT2D eigenvalue weighted by Gasteiger charge is 2.20. The van der Waals surface area contributed by atoms with Gasteiger partial charge in [0.05, 0.1) is 13.5 Å². The van der Waals surface area contributed by atoms with Crippen molar-refractivity contribution in [1.82, 2.24) is 9.80 Å². The maximum Gasteiger partial charge on any atom is 0.306 e. The molecular formula is C13H20N2O3. The molecule has 1 fully saturated rings. The first-order chi connectivity index (χ1) is 8.67. The molecule has 0 aromatic heterocycles. The molecule has 5 heteroatoms. The summed E-state index contributed by atoms with van der Waals surface area (Å²) in [5.41, 5.74) is 0. The maximum absolute atomic E-state index is 11.7. The van der Waals surface area contributed by atoms with Crippen LogP contribution in [0, 0.1) is 12.3 Å². The van der Waals surface area contributed by atoms with E-state index in [1.165, 1.54) is 7.11 Å². The average Bonchev–Trinajstić information content (AvgIpc) is 2.42. The Hall–Kier alpha value is -1.54. The van der Waals surface area contributed by atoms with Gasteiger partial charge in [0.25, 0.3) is 0 Å². The van der Waals surface area contributed by atoms with Crippen molar-refractivity contribution in [2.24, 2.45) is 0 Å². The number of nitrogens with zero attached hydrogens (tertiary/aromatic N) is 2. The van der Waals surface area contributed by atoms with E-state index < -0.39 is 0 Å². The number of methoxy groups -OCH3 is 1. The number of amides is 1. The van der Waals surface area contributed by atoms with Gasteiger partial charge in [0.15, 0.2) is 0 Å². The topological polar surface area (TPSA) is 49.9 Å². The summed E-state index contributed by atoms with van der Waals surface area (Å²) in [6.45, 7) is 3.73. The van der Waals surface area contributed by atoms with Gasteiger partial charge in [-0.1, -0.05) is 0 Å². The first kappa shape index (κ1) is 14.5. The number of rotatable bonds is 5. The molecule has 0 aromatic rings. The van der Waals surface area contributed by atoms with E-state index in [9.17, 15) is 9.59 Å². The van der Waals surface area contributed by atoms with E-state index in [-0.39, 0.29) is 11.9 Å². The highest BCUT2D eigenvalue weighted by molar-refractivity contribution is 5.76. The number of ether oxygens (including phenoxy) is 1. The second-order valence-electron chi connectivity index (χ2n) is 4.25. The summed E-state index contributed by atoms with van der Waals surface area (Å²) >= 11 is 0. The normalized spacial score (nSPS) is 16.1. The quantitative estimate of drug-likeness (QED) is 0.514. The van der Waals surface area contributed by atoms with Crippen LogP contribution in [-0.2, 0) is 14.3 Å². The van der Waals surface area contributed by atoms with Gasteiger partial charge in [-0.05, 0) is 0 Å². The Morgan fingerprint density at radius 3 is 2.44 bits per heavy atom. The fraction of sp³-hybridized carbons (Fsp3) is 0.692. The van der Waals surface area contributed by atoms with Crippen LogP contribution in [0.15, 0.2) is 0 Å². The molecule has 0 unspecified atom stereocenters. The van der Waals surface area contributed by atoms with Gasteiger partial charge in [0, 0.05) is 45.6 Å². The zero-order valence-electron chi connectivity index (χ0n) is 10.9. The van der Waals surface area contributed by atoms with E-state index in [2.05, 4.69) is 15.6 Å². The number of hydrogen-bond donors (Lipinski definition) is 0. The smallest absolute Gasteiger partial charge is 0.306 e. The molecule has 100 valence electrons. The Bertz CT molecular complexity index is 328. The summed E-state index contributed by atoms with van der Waals surface area (Å²) in [6.07, 6.45) is 6.47. The van der Waals surface area contributed by atoms with Gasteiger partial charge in [0.2, 0.25) is 5.91 Å². The SMILES string of the molecule is C#CCCC(=O)N1CCN(CCC(=O)OC)CC1. The molecule has 0 N–H and O–H groups in total. The van der Waals surface area contributed by atoms with Gasteiger partial charge in [-0.15, -0.1) is 12.3 Å². The number of hydrogen-bond acceptors (Lipinski definition) is 4. The van der Waals surface area contributed by atoms with Crippen molar-refractivity contribution in [2.75, 3.05) is 39.8 Å². The van der Waals surface area contributed by atoms with Crippen LogP contribution in [0.2, 0.25) is 0 Å². The molecule has 5 nitrogen and oxygen atoms in total. The van der Waals surface area contributed by atoms with Gasteiger partial charge in [-0.3, -0.25) is 14.5 Å². The van der Waals surface area contributed by atoms with Gasteiger partial charge < -0.3 is 9.64 Å². The Balaban J connectivity index is 2.22. The van der Waals surface area contributed by atoms with Gasteiger partial charge in [-0.2, -0.15) is 0 Å². The fourth-order valence-electron chi connectivity index (χ4n) is 1.91. The molecule has 0 spiro atoms. The molecule has 0 bridgehead atoms. The number of carbonyl (C=O) groups is 2. The molecular weight excluding hydrogens is 232 g/mol. The fourth-order valence-corrected chi connectivity index (χ4v) is 1.91. The van der Waals surface area contributed by atoms with Crippen LogP contribution in [0.25, 0.3) is 0 Å². The van der Waals surface area contributed by atoms with Crippen molar-refractivity contribution in [2.45, 2.75) is 19.3 Å². The number of terminal acetylenes is 1. The third-order valence-corrected chi connectivity index (χ3v) is 3.07. The molecule has 1 aliphatic heterocycles. The van der Waals surface area contributed by atoms with E-state index in [1.807, 2.05) is 4.90 Å². The summed E-state index contributed by atoms with van der Waals surface area (Å²) in [5, 5.41) is 0. The van der Waals surface area contributed by atoms with Gasteiger partial charge in [0.1, 0.15) is 0 Å². The van der Waals surface area contributed by atoms with Gasteiger partial charge in [-0.25, -0.2) is 0 Å². The van der Waals surface area contributed by atoms with Crippen LogP contribution in [0.1, 0.15) is 19.3 Å². The predicted octanol–water partition coefficient (Wildman–Crippen LogP) is 0.107. The van der Waals surface area contributed by atoms with Crippen LogP contribution < -0.4 is 0 Å². The van der Waals surface area contributed by atoms with Crippen molar-refractivity contribution in [3.8, 4) is 12.3 Å². The lowest BCUT2D eigenvalue weighted by molar-refractivity contribution is -0.141. The molecule has 0 radical (unpaired) electrons. The average molecular weight is 252 g/mol. The maximum atomic E-state index is 11.7. The zero-order chi connectivity index (χ0) is 13.4. The Labute approximate surface area is 108 Å². The summed E-state index contributed by atoms with van der Waals surface area (Å²) < 4.78 is 4.60. The molecule has 1 heterocycles. The minimum absolute atomic E-state index is 0.126. The molecule has 1 aliphatic rings. The zero-order valence-corrected chi connectivity index (χ0v) is 10.9. The summed E-state index contributed by atoms with van der Waals surface area (Å²) in [6, 6.07) is 0. The molecule has 0 aliphatic carbocycles. The molecule has 0 saturated carbocycles. The Morgan fingerprint density at radius 2 is 1.89 bits per heavy atom. The summed E-state index contributed by atoms with van der Waals surface area (Å²) in [7, 11) is 1.39. The van der Waals surface area contributed by atoms with Crippen molar-refractivity contribution >= 4 is 11.9 Å². The second-order valence-corrected chi connectivity index (χ2v) is 4.25. The van der Waals surface area contributed by atoms with Crippen LogP contribution >= 0.6 is 0 Å². The molecule has 0 atom stereocenters. The number of piperazine rings is 1. The summed E-state index contributed by atoms with van der Waals surface area (Å²) in [5.74, 6) is 2.41. The standard InChI is InChI=1S/C13H20N2O3/c1-3-4-5-12(16)15-10-8-14(9-11-15)7-6-13(17)18-2/h1H,4-11H2,2H3. The van der Waals surface area contributed by atoms with E-state index in [0.717, 1.165) is 13.1 Å². The lowest BCUT2D eigenvalue weighted by Gasteiger charge is -2.34. The number of esters is 1. The van der Waals surface area contributed by atoms with Crippen LogP contribution in [0.3, 0.4) is 0 Å². The van der Waals surface area contributed by atoms with Gasteiger partial charge >= 0.3 is 5.97 Å². The number of carbonyl (C=O) groups excluding carboxylic acids is 2. The van der Waals surface area contributed by atoms with E-state index in [4.69, 9.17) is 6.42 Å². The molecule has 1 amide bonds. The van der Waals surface area contributed by atoms with Crippen molar-refractivity contribution in [1.29, 1.82) is 0 Å².